The molecule has 1 unspecified atom stereocenters. The summed E-state index contributed by atoms with van der Waals surface area (Å²) in [6, 6.07) is 12.8. The number of methoxy groups -OCH3 is 1. The summed E-state index contributed by atoms with van der Waals surface area (Å²) in [6.45, 7) is 0. The number of amides is 1. The number of anilines is 1. The number of nitrogens with one attached hydrogen (secondary N) is 1. The fourth-order valence-electron chi connectivity index (χ4n) is 3.40. The van der Waals surface area contributed by atoms with Crippen LogP contribution in [0.2, 0.25) is 0 Å². The molecule has 0 aliphatic rings. The lowest BCUT2D eigenvalue weighted by molar-refractivity contribution is -0.132. The van der Waals surface area contributed by atoms with Gasteiger partial charge in [0.05, 0.1) is 31.0 Å². The molecule has 3 rings (SSSR count). The first-order valence-corrected chi connectivity index (χ1v) is 14.0. The number of phenolic OH excluding ortho intramolecular Hbond substituents is 1. The fraction of sp³-hybridized carbons (Fsp3) is 0.167. The van der Waals surface area contributed by atoms with Crippen molar-refractivity contribution in [1.82, 2.24) is 0 Å². The van der Waals surface area contributed by atoms with E-state index in [-0.39, 0.29) is 12.2 Å². The van der Waals surface area contributed by atoms with Gasteiger partial charge in [-0.3, -0.25) is 9.59 Å². The van der Waals surface area contributed by atoms with Gasteiger partial charge in [0.25, 0.3) is 0 Å². The average Bonchev–Trinajstić information content (AvgIpc) is 2.80. The van der Waals surface area contributed by atoms with Gasteiger partial charge >= 0.3 is 0 Å². The number of carbonyl (C=O) groups is 2. The minimum absolute atomic E-state index is 0.000759. The van der Waals surface area contributed by atoms with Crippen LogP contribution in [-0.4, -0.2) is 23.9 Å². The molecule has 11 heteroatoms. The molecule has 1 amide bonds. The number of ketones is 1. The third-order valence-electron chi connectivity index (χ3n) is 5.18. The van der Waals surface area contributed by atoms with Crippen LogP contribution in [0.25, 0.3) is 0 Å². The number of aromatic hydroxyl groups is 1. The topological polar surface area (TPSA) is 102 Å². The van der Waals surface area contributed by atoms with Gasteiger partial charge in [0.2, 0.25) is 5.91 Å². The van der Waals surface area contributed by atoms with Gasteiger partial charge in [-0.05, 0) is 118 Å². The molecule has 0 spiro atoms. The summed E-state index contributed by atoms with van der Waals surface area (Å²) in [5.74, 6) is -1.43. The van der Waals surface area contributed by atoms with E-state index in [0.717, 1.165) is 10.0 Å². The molecule has 3 aromatic carbocycles. The predicted octanol–water partition coefficient (Wildman–Crippen LogP) is 7.28. The van der Waals surface area contributed by atoms with Crippen molar-refractivity contribution in [2.45, 2.75) is 12.5 Å². The van der Waals surface area contributed by atoms with E-state index in [0.29, 0.717) is 34.9 Å². The summed E-state index contributed by atoms with van der Waals surface area (Å²) in [5, 5.41) is 12.7. The van der Waals surface area contributed by atoms with Crippen LogP contribution in [0.3, 0.4) is 0 Å². The number of Topliss-reactive ketones (excluding diaryl/α,β-unsaturated/α-hetero) is 1. The van der Waals surface area contributed by atoms with E-state index in [1.165, 1.54) is 0 Å². The van der Waals surface area contributed by atoms with E-state index in [4.69, 9.17) is 10.5 Å². The lowest BCUT2D eigenvalue weighted by atomic mass is 9.88. The van der Waals surface area contributed by atoms with Crippen LogP contribution in [-0.2, 0) is 16.0 Å². The lowest BCUT2D eigenvalue weighted by Crippen LogP contribution is -2.37. The van der Waals surface area contributed by atoms with Crippen molar-refractivity contribution in [1.29, 1.82) is 0 Å². The molecule has 0 aromatic heterocycles. The molecule has 0 saturated heterocycles. The molecular formula is C24H19Br5N2O4. The maximum absolute atomic E-state index is 13.5. The van der Waals surface area contributed by atoms with E-state index in [1.54, 1.807) is 55.6 Å². The molecule has 35 heavy (non-hydrogen) atoms. The third-order valence-corrected chi connectivity index (χ3v) is 8.10. The molecule has 3 aromatic rings. The summed E-state index contributed by atoms with van der Waals surface area (Å²) in [4.78, 5) is 27.0. The van der Waals surface area contributed by atoms with Gasteiger partial charge in [-0.2, -0.15) is 0 Å². The first kappa shape index (κ1) is 28.3. The first-order chi connectivity index (χ1) is 16.5. The van der Waals surface area contributed by atoms with Gasteiger partial charge in [-0.25, -0.2) is 0 Å². The maximum Gasteiger partial charge on any atom is 0.235 e. The monoisotopic (exact) mass is 794 g/mol. The highest BCUT2D eigenvalue weighted by atomic mass is 79.9. The smallest absolute Gasteiger partial charge is 0.235 e. The molecule has 0 saturated carbocycles. The Morgan fingerprint density at radius 2 is 1.49 bits per heavy atom. The molecule has 184 valence electrons. The predicted molar refractivity (Wildman–Crippen MR) is 154 cm³/mol. The van der Waals surface area contributed by atoms with Crippen molar-refractivity contribution in [3.05, 3.63) is 82.0 Å². The zero-order chi connectivity index (χ0) is 25.9. The van der Waals surface area contributed by atoms with Gasteiger partial charge < -0.3 is 20.9 Å². The number of phenols is 1. The van der Waals surface area contributed by atoms with Crippen molar-refractivity contribution in [3.8, 4) is 11.5 Å². The molecule has 0 bridgehead atoms. The Balaban J connectivity index is 1.96. The molecule has 4 N–H and O–H groups in total. The molecule has 0 radical (unpaired) electrons. The van der Waals surface area contributed by atoms with Gasteiger partial charge in [0.1, 0.15) is 17.4 Å². The highest BCUT2D eigenvalue weighted by Gasteiger charge is 2.32. The Hall–Kier alpha value is -1.24. The van der Waals surface area contributed by atoms with E-state index in [1.807, 2.05) is 0 Å². The molecule has 0 aliphatic heterocycles. The SMILES string of the molecule is COc1c(Br)cc(C[C@@H](C(=O)Nc2cc(Br)c(O)c(Br)c2)C(=O)C(N)c2ccc(Br)cc2)cc1Br. The van der Waals surface area contributed by atoms with Crippen LogP contribution in [0, 0.1) is 5.92 Å². The Morgan fingerprint density at radius 1 is 0.943 bits per heavy atom. The Labute approximate surface area is 244 Å². The Kier molecular flexibility index (Phi) is 9.98. The zero-order valence-corrected chi connectivity index (χ0v) is 26.0. The fourth-order valence-corrected chi connectivity index (χ4v) is 6.46. The summed E-state index contributed by atoms with van der Waals surface area (Å²) in [6.07, 6.45) is 0.108. The lowest BCUT2D eigenvalue weighted by Gasteiger charge is -2.21. The minimum atomic E-state index is -1.09. The van der Waals surface area contributed by atoms with Crippen LogP contribution in [0.5, 0.6) is 11.5 Å². The maximum atomic E-state index is 13.5. The van der Waals surface area contributed by atoms with Crippen LogP contribution >= 0.6 is 79.6 Å². The molecule has 2 atom stereocenters. The number of hydrogen-bond acceptors (Lipinski definition) is 5. The number of ether oxygens (including phenoxy) is 1. The summed E-state index contributed by atoms with van der Waals surface area (Å²) < 4.78 is 8.35. The summed E-state index contributed by atoms with van der Waals surface area (Å²) in [7, 11) is 1.55. The van der Waals surface area contributed by atoms with E-state index in [2.05, 4.69) is 85.0 Å². The first-order valence-electron chi connectivity index (χ1n) is 10.1. The molecule has 0 fully saturated rings. The van der Waals surface area contributed by atoms with Crippen molar-refractivity contribution in [2.24, 2.45) is 11.7 Å². The highest BCUT2D eigenvalue weighted by Crippen LogP contribution is 2.37. The molecule has 0 heterocycles. The number of hydrogen-bond donors (Lipinski definition) is 3. The van der Waals surface area contributed by atoms with Crippen molar-refractivity contribution in [2.75, 3.05) is 12.4 Å². The van der Waals surface area contributed by atoms with E-state index >= 15 is 0 Å². The van der Waals surface area contributed by atoms with Gasteiger partial charge in [-0.15, -0.1) is 0 Å². The van der Waals surface area contributed by atoms with E-state index in [9.17, 15) is 14.7 Å². The Bertz CT molecular complexity index is 1220. The minimum Gasteiger partial charge on any atom is -0.506 e. The second-order valence-corrected chi connectivity index (χ2v) is 11.9. The van der Waals surface area contributed by atoms with Gasteiger partial charge in [-0.1, -0.05) is 28.1 Å². The number of rotatable bonds is 8. The van der Waals surface area contributed by atoms with Crippen LogP contribution in [0.4, 0.5) is 5.69 Å². The zero-order valence-electron chi connectivity index (χ0n) is 18.1. The molecule has 6 nitrogen and oxygen atoms in total. The second kappa shape index (κ2) is 12.3. The van der Waals surface area contributed by atoms with E-state index < -0.39 is 23.7 Å². The molecule has 0 aliphatic carbocycles. The number of carbonyl (C=O) groups excluding carboxylic acids is 2. The summed E-state index contributed by atoms with van der Waals surface area (Å²) in [5.41, 5.74) is 8.05. The number of benzene rings is 3. The van der Waals surface area contributed by atoms with Gasteiger partial charge in [0, 0.05) is 10.2 Å². The van der Waals surface area contributed by atoms with Crippen molar-refractivity contribution >= 4 is 97.0 Å². The quantitative estimate of drug-likeness (QED) is 0.164. The van der Waals surface area contributed by atoms with Gasteiger partial charge in [0.15, 0.2) is 5.78 Å². The standard InChI is InChI=1S/C24H19Br5N2O4/c1-35-23-18(28)7-11(8-19(23)29)6-15(21(32)20(30)12-2-4-13(25)5-3-12)24(34)31-14-9-16(26)22(33)17(27)10-14/h2-5,7-10,15,20,33H,6,30H2,1H3,(H,31,34)/t15-,20?/m1/s1. The largest absolute Gasteiger partial charge is 0.506 e. The second-order valence-electron chi connectivity index (χ2n) is 7.56. The number of halogens is 5. The third kappa shape index (κ3) is 6.95. The van der Waals surface area contributed by atoms with Crippen LogP contribution in [0.15, 0.2) is 70.9 Å². The molecular weight excluding hydrogens is 780 g/mol. The van der Waals surface area contributed by atoms with Crippen molar-refractivity contribution < 1.29 is 19.4 Å². The normalized spacial score (nSPS) is 12.7. The number of nitrogens with two attached hydrogens (primary N) is 1. The summed E-state index contributed by atoms with van der Waals surface area (Å²) >= 11 is 16.8. The van der Waals surface area contributed by atoms with Crippen LogP contribution < -0.4 is 15.8 Å². The Morgan fingerprint density at radius 3 is 2.00 bits per heavy atom. The average molecular weight is 799 g/mol. The van der Waals surface area contributed by atoms with Crippen molar-refractivity contribution in [3.63, 3.8) is 0 Å². The highest BCUT2D eigenvalue weighted by molar-refractivity contribution is 9.11. The van der Waals surface area contributed by atoms with Crippen LogP contribution in [0.1, 0.15) is 17.2 Å².